The number of thioether (sulfide) groups is 1. The van der Waals surface area contributed by atoms with Gasteiger partial charge in [0.1, 0.15) is 5.56 Å². The van der Waals surface area contributed by atoms with E-state index in [-0.39, 0.29) is 28.4 Å². The van der Waals surface area contributed by atoms with Gasteiger partial charge in [0, 0.05) is 22.7 Å². The molecule has 138 valence electrons. The number of alkyl halides is 2. The molecule has 0 saturated heterocycles. The van der Waals surface area contributed by atoms with Crippen LogP contribution in [0.25, 0.3) is 0 Å². The molecule has 1 N–H and O–H groups in total. The van der Waals surface area contributed by atoms with Crippen molar-refractivity contribution in [3.8, 4) is 11.5 Å². The first-order valence-electron chi connectivity index (χ1n) is 7.12. The summed E-state index contributed by atoms with van der Waals surface area (Å²) in [4.78, 5) is 23.6. The summed E-state index contributed by atoms with van der Waals surface area (Å²) in [6.45, 7) is -3.07. The van der Waals surface area contributed by atoms with Crippen molar-refractivity contribution in [2.45, 2.75) is 11.5 Å². The van der Waals surface area contributed by atoms with Crippen LogP contribution in [0.3, 0.4) is 0 Å². The molecule has 0 radical (unpaired) electrons. The Morgan fingerprint density at radius 1 is 1.23 bits per heavy atom. The molecule has 2 aromatic rings. The van der Waals surface area contributed by atoms with Crippen LogP contribution in [0.1, 0.15) is 10.4 Å². The molecule has 0 aliphatic rings. The maximum atomic E-state index is 12.5. The molecule has 10 heteroatoms. The number of nitrogens with zero attached hydrogens (tertiary/aromatic N) is 1. The summed E-state index contributed by atoms with van der Waals surface area (Å²) < 4.78 is 34.2. The van der Waals surface area contributed by atoms with Gasteiger partial charge in [-0.2, -0.15) is 8.78 Å². The Hall–Kier alpha value is -2.88. The van der Waals surface area contributed by atoms with E-state index >= 15 is 0 Å². The van der Waals surface area contributed by atoms with Crippen LogP contribution in [0.5, 0.6) is 11.5 Å². The summed E-state index contributed by atoms with van der Waals surface area (Å²) in [6.07, 6.45) is 1.76. The standard InChI is InChI=1S/C16H14F2N2O5S/c1-24-13-6-3-9(7-14(13)25-16(17)18)19-15(21)11-8-10(26-2)4-5-12(11)20(22)23/h3-8,16H,1-2H3,(H,19,21). The fourth-order valence-electron chi connectivity index (χ4n) is 2.12. The van der Waals surface area contributed by atoms with Crippen molar-refractivity contribution in [1.29, 1.82) is 0 Å². The van der Waals surface area contributed by atoms with Gasteiger partial charge in [0.15, 0.2) is 11.5 Å². The molecular weight excluding hydrogens is 370 g/mol. The van der Waals surface area contributed by atoms with Gasteiger partial charge in [0.2, 0.25) is 0 Å². The molecule has 2 aromatic carbocycles. The van der Waals surface area contributed by atoms with Crippen LogP contribution in [0.15, 0.2) is 41.3 Å². The van der Waals surface area contributed by atoms with E-state index in [1.54, 1.807) is 6.26 Å². The summed E-state index contributed by atoms with van der Waals surface area (Å²) in [5, 5.41) is 13.6. The minimum atomic E-state index is -3.07. The van der Waals surface area contributed by atoms with Gasteiger partial charge in [-0.25, -0.2) is 0 Å². The number of carbonyl (C=O) groups is 1. The lowest BCUT2D eigenvalue weighted by molar-refractivity contribution is -0.385. The molecule has 26 heavy (non-hydrogen) atoms. The Bertz CT molecular complexity index is 832. The molecule has 2 rings (SSSR count). The number of nitrogens with one attached hydrogen (secondary N) is 1. The molecule has 0 heterocycles. The van der Waals surface area contributed by atoms with E-state index in [1.807, 2.05) is 0 Å². The Morgan fingerprint density at radius 3 is 2.54 bits per heavy atom. The van der Waals surface area contributed by atoms with Crippen molar-refractivity contribution in [2.75, 3.05) is 18.7 Å². The summed E-state index contributed by atoms with van der Waals surface area (Å²) in [6, 6.07) is 8.03. The molecule has 0 atom stereocenters. The summed E-state index contributed by atoms with van der Waals surface area (Å²) in [5.74, 6) is -0.966. The monoisotopic (exact) mass is 384 g/mol. The zero-order valence-electron chi connectivity index (χ0n) is 13.7. The highest BCUT2D eigenvalue weighted by molar-refractivity contribution is 7.98. The first kappa shape index (κ1) is 19.4. The number of nitro groups is 1. The molecule has 0 fully saturated rings. The van der Waals surface area contributed by atoms with E-state index in [0.717, 1.165) is 6.07 Å². The van der Waals surface area contributed by atoms with Crippen molar-refractivity contribution < 1.29 is 28.0 Å². The van der Waals surface area contributed by atoms with Gasteiger partial charge in [-0.15, -0.1) is 11.8 Å². The number of methoxy groups -OCH3 is 1. The normalized spacial score (nSPS) is 10.5. The van der Waals surface area contributed by atoms with Crippen LogP contribution in [-0.4, -0.2) is 30.8 Å². The molecule has 0 aromatic heterocycles. The first-order valence-corrected chi connectivity index (χ1v) is 8.34. The lowest BCUT2D eigenvalue weighted by Crippen LogP contribution is -2.14. The fourth-order valence-corrected chi connectivity index (χ4v) is 2.56. The second-order valence-electron chi connectivity index (χ2n) is 4.84. The van der Waals surface area contributed by atoms with E-state index < -0.39 is 17.4 Å². The zero-order valence-corrected chi connectivity index (χ0v) is 14.5. The van der Waals surface area contributed by atoms with E-state index in [9.17, 15) is 23.7 Å². The number of hydrogen-bond acceptors (Lipinski definition) is 6. The average molecular weight is 384 g/mol. The molecule has 1 amide bonds. The van der Waals surface area contributed by atoms with Gasteiger partial charge >= 0.3 is 6.61 Å². The highest BCUT2D eigenvalue weighted by atomic mass is 32.2. The Labute approximate surface area is 151 Å². The number of anilines is 1. The van der Waals surface area contributed by atoms with Crippen LogP contribution < -0.4 is 14.8 Å². The van der Waals surface area contributed by atoms with E-state index in [4.69, 9.17) is 4.74 Å². The van der Waals surface area contributed by atoms with Crippen LogP contribution in [0.2, 0.25) is 0 Å². The molecule has 0 saturated carbocycles. The maximum absolute atomic E-state index is 12.5. The highest BCUT2D eigenvalue weighted by Crippen LogP contribution is 2.32. The number of halogens is 2. The van der Waals surface area contributed by atoms with Crippen molar-refractivity contribution in [3.05, 3.63) is 52.1 Å². The third-order valence-electron chi connectivity index (χ3n) is 3.28. The Balaban J connectivity index is 2.34. The van der Waals surface area contributed by atoms with Gasteiger partial charge in [-0.05, 0) is 30.5 Å². The van der Waals surface area contributed by atoms with E-state index in [1.165, 1.54) is 49.2 Å². The summed E-state index contributed by atoms with van der Waals surface area (Å²) >= 11 is 1.32. The topological polar surface area (TPSA) is 90.7 Å². The second kappa shape index (κ2) is 8.48. The molecule has 0 unspecified atom stereocenters. The minimum Gasteiger partial charge on any atom is -0.493 e. The van der Waals surface area contributed by atoms with Crippen molar-refractivity contribution in [3.63, 3.8) is 0 Å². The van der Waals surface area contributed by atoms with E-state index in [0.29, 0.717) is 4.90 Å². The van der Waals surface area contributed by atoms with Gasteiger partial charge in [0.25, 0.3) is 11.6 Å². The average Bonchev–Trinajstić information content (AvgIpc) is 2.60. The van der Waals surface area contributed by atoms with Gasteiger partial charge in [-0.1, -0.05) is 0 Å². The van der Waals surface area contributed by atoms with Crippen molar-refractivity contribution in [2.24, 2.45) is 0 Å². The lowest BCUT2D eigenvalue weighted by Gasteiger charge is -2.12. The molecule has 0 spiro atoms. The zero-order chi connectivity index (χ0) is 19.3. The molecule has 0 aliphatic heterocycles. The van der Waals surface area contributed by atoms with Gasteiger partial charge in [-0.3, -0.25) is 14.9 Å². The smallest absolute Gasteiger partial charge is 0.387 e. The predicted molar refractivity (Wildman–Crippen MR) is 92.5 cm³/mol. The van der Waals surface area contributed by atoms with Gasteiger partial charge in [0.05, 0.1) is 12.0 Å². The predicted octanol–water partition coefficient (Wildman–Crippen LogP) is 4.18. The van der Waals surface area contributed by atoms with Crippen molar-refractivity contribution >= 4 is 29.0 Å². The Morgan fingerprint density at radius 2 is 1.96 bits per heavy atom. The number of hydrogen-bond donors (Lipinski definition) is 1. The summed E-state index contributed by atoms with van der Waals surface area (Å²) in [5.41, 5.74) is -0.387. The number of ether oxygens (including phenoxy) is 2. The number of rotatable bonds is 7. The number of carbonyl (C=O) groups excluding carboxylic acids is 1. The van der Waals surface area contributed by atoms with Crippen LogP contribution >= 0.6 is 11.8 Å². The molecule has 0 bridgehead atoms. The Kier molecular flexibility index (Phi) is 6.34. The first-order chi connectivity index (χ1) is 12.3. The third kappa shape index (κ3) is 4.60. The van der Waals surface area contributed by atoms with Crippen LogP contribution in [0.4, 0.5) is 20.2 Å². The molecule has 7 nitrogen and oxygen atoms in total. The fraction of sp³-hybridized carbons (Fsp3) is 0.188. The molecule has 0 aliphatic carbocycles. The molecular formula is C16H14F2N2O5S. The van der Waals surface area contributed by atoms with Crippen LogP contribution in [0, 0.1) is 10.1 Å². The number of amides is 1. The lowest BCUT2D eigenvalue weighted by atomic mass is 10.1. The minimum absolute atomic E-state index is 0.0543. The van der Waals surface area contributed by atoms with E-state index in [2.05, 4.69) is 10.1 Å². The summed E-state index contributed by atoms with van der Waals surface area (Å²) in [7, 11) is 1.28. The van der Waals surface area contributed by atoms with Crippen molar-refractivity contribution in [1.82, 2.24) is 0 Å². The van der Waals surface area contributed by atoms with Gasteiger partial charge < -0.3 is 14.8 Å². The highest BCUT2D eigenvalue weighted by Gasteiger charge is 2.21. The largest absolute Gasteiger partial charge is 0.493 e. The number of benzene rings is 2. The third-order valence-corrected chi connectivity index (χ3v) is 4.01. The quantitative estimate of drug-likeness (QED) is 0.438. The second-order valence-corrected chi connectivity index (χ2v) is 5.72. The SMILES string of the molecule is COc1ccc(NC(=O)c2cc(SC)ccc2[N+](=O)[O-])cc1OC(F)F. The van der Waals surface area contributed by atoms with Crippen LogP contribution in [-0.2, 0) is 0 Å². The maximum Gasteiger partial charge on any atom is 0.387 e. The number of nitro benzene ring substituents is 1.